The van der Waals surface area contributed by atoms with E-state index in [0.29, 0.717) is 13.1 Å². The zero-order valence-electron chi connectivity index (χ0n) is 21.7. The summed E-state index contributed by atoms with van der Waals surface area (Å²) in [6.07, 6.45) is 2.73. The van der Waals surface area contributed by atoms with Crippen LogP contribution in [0.5, 0.6) is 5.88 Å². The molecule has 1 saturated heterocycles. The van der Waals surface area contributed by atoms with Crippen molar-refractivity contribution in [1.82, 2.24) is 29.8 Å². The summed E-state index contributed by atoms with van der Waals surface area (Å²) in [5.74, 6) is -0.615. The number of hydrogen-bond donors (Lipinski definition) is 2. The second-order valence-corrected chi connectivity index (χ2v) is 10.3. The smallest absolute Gasteiger partial charge is 0.418 e. The lowest BCUT2D eigenvalue weighted by Gasteiger charge is -2.26. The van der Waals surface area contributed by atoms with Crippen LogP contribution in [-0.4, -0.2) is 62.5 Å². The summed E-state index contributed by atoms with van der Waals surface area (Å²) >= 11 is 0. The summed E-state index contributed by atoms with van der Waals surface area (Å²) in [5.41, 5.74) is 4.66. The Hall–Kier alpha value is -3.90. The number of hydrogen-bond acceptors (Lipinski definition) is 7. The number of alkyl halides is 3. The van der Waals surface area contributed by atoms with E-state index in [-0.39, 0.29) is 57.8 Å². The number of rotatable bonds is 5. The van der Waals surface area contributed by atoms with E-state index >= 15 is 0 Å². The number of nitrogen functional groups attached to an aromatic ring is 1. The quantitative estimate of drug-likeness (QED) is 0.502. The van der Waals surface area contributed by atoms with E-state index in [0.717, 1.165) is 49.0 Å². The summed E-state index contributed by atoms with van der Waals surface area (Å²) in [6.45, 7) is 2.92. The zero-order valence-corrected chi connectivity index (χ0v) is 21.7. The minimum Gasteiger partial charge on any atom is -0.480 e. The van der Waals surface area contributed by atoms with Crippen LogP contribution < -0.4 is 15.8 Å². The van der Waals surface area contributed by atoms with Gasteiger partial charge in [0.05, 0.1) is 24.4 Å². The monoisotopic (exact) mass is 545 g/mol. The van der Waals surface area contributed by atoms with E-state index in [9.17, 15) is 22.8 Å². The first-order valence-electron chi connectivity index (χ1n) is 12.9. The summed E-state index contributed by atoms with van der Waals surface area (Å²) in [5, 5.41) is 6.93. The first kappa shape index (κ1) is 26.7. The van der Waals surface area contributed by atoms with Crippen LogP contribution in [-0.2, 0) is 11.0 Å². The van der Waals surface area contributed by atoms with E-state index in [1.165, 1.54) is 19.4 Å². The van der Waals surface area contributed by atoms with E-state index in [1.54, 1.807) is 0 Å². The first-order chi connectivity index (χ1) is 18.6. The molecule has 39 heavy (non-hydrogen) atoms. The molecule has 3 aromatic heterocycles. The van der Waals surface area contributed by atoms with Gasteiger partial charge in [-0.25, -0.2) is 14.5 Å². The number of nitrogens with zero attached hydrogens (tertiary/aromatic N) is 5. The molecule has 0 bridgehead atoms. The highest BCUT2D eigenvalue weighted by molar-refractivity contribution is 5.98. The number of nitrogens with two attached hydrogens (primary N) is 1. The molecular formula is C26H30F3N7O3. The zero-order chi connectivity index (χ0) is 27.9. The molecule has 2 aliphatic rings. The minimum atomic E-state index is -4.71. The first-order valence-corrected chi connectivity index (χ1v) is 12.9. The molecular weight excluding hydrogens is 515 g/mol. The van der Waals surface area contributed by atoms with Crippen molar-refractivity contribution >= 4 is 23.1 Å². The second-order valence-electron chi connectivity index (χ2n) is 10.3. The number of amides is 2. The van der Waals surface area contributed by atoms with Gasteiger partial charge in [-0.3, -0.25) is 9.59 Å². The number of anilines is 1. The fourth-order valence-electron chi connectivity index (χ4n) is 5.60. The van der Waals surface area contributed by atoms with E-state index in [4.69, 9.17) is 10.5 Å². The summed E-state index contributed by atoms with van der Waals surface area (Å²) in [4.78, 5) is 36.1. The molecule has 10 nitrogen and oxygen atoms in total. The molecule has 2 amide bonds. The Morgan fingerprint density at radius 3 is 2.56 bits per heavy atom. The van der Waals surface area contributed by atoms with Gasteiger partial charge in [-0.2, -0.15) is 18.3 Å². The third-order valence-corrected chi connectivity index (χ3v) is 7.67. The highest BCUT2D eigenvalue weighted by Gasteiger charge is 2.38. The largest absolute Gasteiger partial charge is 0.480 e. The molecule has 2 fully saturated rings. The minimum absolute atomic E-state index is 0.0167. The van der Waals surface area contributed by atoms with Crippen LogP contribution in [0.4, 0.5) is 19.0 Å². The van der Waals surface area contributed by atoms with Crippen molar-refractivity contribution in [2.24, 2.45) is 11.8 Å². The average Bonchev–Trinajstić information content (AvgIpc) is 3.50. The molecule has 0 spiro atoms. The van der Waals surface area contributed by atoms with E-state index in [1.807, 2.05) is 11.8 Å². The fraction of sp³-hybridized carbons (Fsp3) is 0.500. The van der Waals surface area contributed by atoms with Crippen molar-refractivity contribution in [2.75, 3.05) is 25.9 Å². The lowest BCUT2D eigenvalue weighted by atomic mass is 9.88. The third-order valence-electron chi connectivity index (χ3n) is 7.67. The SMILES string of the molecule is COc1ncc(-c2cc(C(F)(F)F)c3c(N)ncnn23)cc1C(=O)NC1CN(C(=O)C2CCCCC2)CC1C. The average molecular weight is 546 g/mol. The summed E-state index contributed by atoms with van der Waals surface area (Å²) < 4.78 is 47.6. The van der Waals surface area contributed by atoms with Crippen LogP contribution in [0, 0.1) is 11.8 Å². The highest BCUT2D eigenvalue weighted by Crippen LogP contribution is 2.39. The van der Waals surface area contributed by atoms with Gasteiger partial charge in [-0.1, -0.05) is 26.2 Å². The topological polar surface area (TPSA) is 128 Å². The molecule has 208 valence electrons. The molecule has 0 radical (unpaired) electrons. The van der Waals surface area contributed by atoms with E-state index in [2.05, 4.69) is 20.4 Å². The van der Waals surface area contributed by atoms with E-state index < -0.39 is 17.6 Å². The van der Waals surface area contributed by atoms with Gasteiger partial charge < -0.3 is 20.7 Å². The van der Waals surface area contributed by atoms with Crippen LogP contribution in [0.2, 0.25) is 0 Å². The Morgan fingerprint density at radius 2 is 1.87 bits per heavy atom. The van der Waals surface area contributed by atoms with Crippen molar-refractivity contribution in [1.29, 1.82) is 0 Å². The van der Waals surface area contributed by atoms with Gasteiger partial charge in [-0.05, 0) is 30.9 Å². The maximum atomic E-state index is 13.8. The van der Waals surface area contributed by atoms with Gasteiger partial charge in [0.1, 0.15) is 17.4 Å². The number of halogens is 3. The molecule has 4 heterocycles. The van der Waals surface area contributed by atoms with Crippen LogP contribution in [0.3, 0.4) is 0 Å². The van der Waals surface area contributed by atoms with Crippen LogP contribution in [0.25, 0.3) is 16.8 Å². The molecule has 2 unspecified atom stereocenters. The summed E-state index contributed by atoms with van der Waals surface area (Å²) in [7, 11) is 1.35. The number of aromatic nitrogens is 4. The molecule has 3 N–H and O–H groups in total. The summed E-state index contributed by atoms with van der Waals surface area (Å²) in [6, 6.07) is 2.02. The fourth-order valence-corrected chi connectivity index (χ4v) is 5.60. The maximum Gasteiger partial charge on any atom is 0.418 e. The number of methoxy groups -OCH3 is 1. The predicted octanol–water partition coefficient (Wildman–Crippen LogP) is 3.56. The lowest BCUT2D eigenvalue weighted by molar-refractivity contribution is -0.136. The highest BCUT2D eigenvalue weighted by atomic mass is 19.4. The van der Waals surface area contributed by atoms with Gasteiger partial charge in [-0.15, -0.1) is 0 Å². The normalized spacial score (nSPS) is 20.4. The van der Waals surface area contributed by atoms with Crippen LogP contribution in [0.15, 0.2) is 24.7 Å². The van der Waals surface area contributed by atoms with Crippen molar-refractivity contribution in [3.63, 3.8) is 0 Å². The Balaban J connectivity index is 1.42. The van der Waals surface area contributed by atoms with Crippen LogP contribution in [0.1, 0.15) is 54.9 Å². The second kappa shape index (κ2) is 10.3. The van der Waals surface area contributed by atoms with Gasteiger partial charge in [0.2, 0.25) is 11.8 Å². The predicted molar refractivity (Wildman–Crippen MR) is 136 cm³/mol. The Labute approximate surface area is 222 Å². The van der Waals surface area contributed by atoms with Crippen LogP contribution >= 0.6 is 0 Å². The Bertz CT molecular complexity index is 1400. The Morgan fingerprint density at radius 1 is 1.13 bits per heavy atom. The molecule has 13 heteroatoms. The number of carbonyl (C=O) groups excluding carboxylic acids is 2. The van der Waals surface area contributed by atoms with Gasteiger partial charge in [0, 0.05) is 30.8 Å². The molecule has 0 aromatic carbocycles. The molecule has 5 rings (SSSR count). The maximum absolute atomic E-state index is 13.8. The van der Waals surface area contributed by atoms with Crippen molar-refractivity contribution in [2.45, 2.75) is 51.2 Å². The van der Waals surface area contributed by atoms with Crippen molar-refractivity contribution in [3.05, 3.63) is 35.8 Å². The molecule has 1 aliphatic carbocycles. The molecule has 1 saturated carbocycles. The molecule has 1 aliphatic heterocycles. The van der Waals surface area contributed by atoms with Crippen molar-refractivity contribution in [3.8, 4) is 17.1 Å². The Kier molecular flexibility index (Phi) is 7.08. The van der Waals surface area contributed by atoms with Crippen molar-refractivity contribution < 1.29 is 27.5 Å². The number of nitrogens with one attached hydrogen (secondary N) is 1. The molecule has 2 atom stereocenters. The molecule has 3 aromatic rings. The number of fused-ring (bicyclic) bond motifs is 1. The van der Waals surface area contributed by atoms with Gasteiger partial charge in [0.25, 0.3) is 5.91 Å². The number of ether oxygens (including phenoxy) is 1. The standard InChI is InChI=1S/C26H30F3N7O3/c1-14-11-35(25(38)15-6-4-3-5-7-15)12-19(14)34-23(37)17-8-16(10-31-24(17)39-2)20-9-18(26(27,28)29)21-22(30)32-13-33-36(20)21/h8-10,13-15,19H,3-7,11-12H2,1-2H3,(H,34,37)(H2,30,32,33). The van der Waals surface area contributed by atoms with Gasteiger partial charge >= 0.3 is 6.18 Å². The third kappa shape index (κ3) is 5.09. The van der Waals surface area contributed by atoms with Gasteiger partial charge in [0.15, 0.2) is 5.82 Å². The number of carbonyl (C=O) groups is 2. The number of likely N-dealkylation sites (tertiary alicyclic amines) is 1. The number of pyridine rings is 1. The lowest BCUT2D eigenvalue weighted by Crippen LogP contribution is -2.41.